The molecule has 5 amide bonds. The van der Waals surface area contributed by atoms with Crippen molar-refractivity contribution in [3.8, 4) is 0 Å². The van der Waals surface area contributed by atoms with E-state index in [1.807, 2.05) is 0 Å². The number of amides is 5. The second-order valence-corrected chi connectivity index (χ2v) is 6.81. The molecular formula is C16H28N6O7. The molecular weight excluding hydrogens is 388 g/mol. The lowest BCUT2D eigenvalue weighted by Gasteiger charge is -2.22. The molecule has 164 valence electrons. The van der Waals surface area contributed by atoms with Crippen LogP contribution in [0.2, 0.25) is 0 Å². The molecule has 0 radical (unpaired) electrons. The number of hydrogen-bond acceptors (Lipinski definition) is 7. The van der Waals surface area contributed by atoms with Crippen molar-refractivity contribution in [2.75, 3.05) is 6.54 Å². The van der Waals surface area contributed by atoms with Crippen LogP contribution >= 0.6 is 0 Å². The van der Waals surface area contributed by atoms with Gasteiger partial charge in [0.2, 0.25) is 29.5 Å². The third-order valence-electron chi connectivity index (χ3n) is 3.56. The van der Waals surface area contributed by atoms with E-state index in [4.69, 9.17) is 22.3 Å². The van der Waals surface area contributed by atoms with Crippen LogP contribution in [-0.4, -0.2) is 65.3 Å². The fourth-order valence-electron chi connectivity index (χ4n) is 2.23. The highest BCUT2D eigenvalue weighted by Crippen LogP contribution is 2.05. The van der Waals surface area contributed by atoms with Crippen molar-refractivity contribution < 1.29 is 33.9 Å². The lowest BCUT2D eigenvalue weighted by Crippen LogP contribution is -2.54. The maximum absolute atomic E-state index is 12.3. The number of carboxylic acid groups (broad SMARTS) is 1. The van der Waals surface area contributed by atoms with Gasteiger partial charge >= 0.3 is 5.97 Å². The van der Waals surface area contributed by atoms with Crippen LogP contribution < -0.4 is 33.2 Å². The molecule has 3 unspecified atom stereocenters. The van der Waals surface area contributed by atoms with Gasteiger partial charge in [0.15, 0.2) is 0 Å². The SMILES string of the molecule is CC(C)CC(NC(=O)C(N)CC(N)=O)C(=O)NCC(=O)NC(CC(N)=O)C(=O)O. The monoisotopic (exact) mass is 416 g/mol. The van der Waals surface area contributed by atoms with Gasteiger partial charge in [-0.15, -0.1) is 0 Å². The van der Waals surface area contributed by atoms with Crippen molar-refractivity contribution in [2.24, 2.45) is 23.1 Å². The molecule has 0 aromatic heterocycles. The molecule has 13 nitrogen and oxygen atoms in total. The molecule has 10 N–H and O–H groups in total. The van der Waals surface area contributed by atoms with E-state index < -0.39 is 73.0 Å². The van der Waals surface area contributed by atoms with E-state index in [9.17, 15) is 28.8 Å². The molecule has 0 fully saturated rings. The van der Waals surface area contributed by atoms with E-state index in [-0.39, 0.29) is 12.3 Å². The van der Waals surface area contributed by atoms with Crippen LogP contribution in [0.5, 0.6) is 0 Å². The highest BCUT2D eigenvalue weighted by molar-refractivity contribution is 5.94. The first-order valence-corrected chi connectivity index (χ1v) is 8.75. The maximum atomic E-state index is 12.3. The normalized spacial score (nSPS) is 13.7. The number of carboxylic acids is 1. The fourth-order valence-corrected chi connectivity index (χ4v) is 2.23. The molecule has 0 spiro atoms. The smallest absolute Gasteiger partial charge is 0.326 e. The third kappa shape index (κ3) is 11.3. The Kier molecular flexibility index (Phi) is 10.9. The van der Waals surface area contributed by atoms with Crippen molar-refractivity contribution >= 4 is 35.5 Å². The van der Waals surface area contributed by atoms with Crippen LogP contribution in [0, 0.1) is 5.92 Å². The molecule has 0 aliphatic heterocycles. The third-order valence-corrected chi connectivity index (χ3v) is 3.56. The largest absolute Gasteiger partial charge is 0.480 e. The first kappa shape index (κ1) is 25.8. The number of primary amides is 2. The number of rotatable bonds is 13. The summed E-state index contributed by atoms with van der Waals surface area (Å²) in [5.41, 5.74) is 15.4. The lowest BCUT2D eigenvalue weighted by atomic mass is 10.0. The Morgan fingerprint density at radius 3 is 1.86 bits per heavy atom. The van der Waals surface area contributed by atoms with Gasteiger partial charge in [-0.25, -0.2) is 4.79 Å². The Morgan fingerprint density at radius 2 is 1.41 bits per heavy atom. The van der Waals surface area contributed by atoms with Crippen LogP contribution in [0.1, 0.15) is 33.1 Å². The summed E-state index contributed by atoms with van der Waals surface area (Å²) in [6.45, 7) is 2.99. The number of aliphatic carboxylic acids is 1. The van der Waals surface area contributed by atoms with Gasteiger partial charge in [0, 0.05) is 0 Å². The predicted octanol–water partition coefficient (Wildman–Crippen LogP) is -3.72. The van der Waals surface area contributed by atoms with Crippen molar-refractivity contribution in [3.63, 3.8) is 0 Å². The van der Waals surface area contributed by atoms with Crippen LogP contribution in [0.3, 0.4) is 0 Å². The summed E-state index contributed by atoms with van der Waals surface area (Å²) in [7, 11) is 0. The van der Waals surface area contributed by atoms with Gasteiger partial charge in [0.25, 0.3) is 0 Å². The summed E-state index contributed by atoms with van der Waals surface area (Å²) >= 11 is 0. The minimum Gasteiger partial charge on any atom is -0.480 e. The molecule has 0 bridgehead atoms. The second-order valence-electron chi connectivity index (χ2n) is 6.81. The summed E-state index contributed by atoms with van der Waals surface area (Å²) in [5.74, 6) is -5.52. The van der Waals surface area contributed by atoms with E-state index in [1.54, 1.807) is 13.8 Å². The van der Waals surface area contributed by atoms with Gasteiger partial charge in [-0.3, -0.25) is 24.0 Å². The minimum atomic E-state index is -1.53. The lowest BCUT2D eigenvalue weighted by molar-refractivity contribution is -0.143. The van der Waals surface area contributed by atoms with Gasteiger partial charge in [-0.05, 0) is 12.3 Å². The predicted molar refractivity (Wildman–Crippen MR) is 99.6 cm³/mol. The highest BCUT2D eigenvalue weighted by atomic mass is 16.4. The minimum absolute atomic E-state index is 0.0146. The van der Waals surface area contributed by atoms with E-state index in [0.29, 0.717) is 0 Å². The maximum Gasteiger partial charge on any atom is 0.326 e. The number of carbonyl (C=O) groups is 6. The quantitative estimate of drug-likeness (QED) is 0.157. The van der Waals surface area contributed by atoms with E-state index >= 15 is 0 Å². The zero-order valence-electron chi connectivity index (χ0n) is 16.3. The molecule has 0 saturated carbocycles. The molecule has 0 rings (SSSR count). The van der Waals surface area contributed by atoms with Crippen LogP contribution in [0.15, 0.2) is 0 Å². The summed E-state index contributed by atoms with van der Waals surface area (Å²) in [6, 6.07) is -3.81. The van der Waals surface area contributed by atoms with Gasteiger partial charge < -0.3 is 38.3 Å². The zero-order valence-corrected chi connectivity index (χ0v) is 16.3. The summed E-state index contributed by atoms with van der Waals surface area (Å²) < 4.78 is 0. The van der Waals surface area contributed by atoms with Crippen LogP contribution in [-0.2, 0) is 28.8 Å². The molecule has 0 saturated heterocycles. The average Bonchev–Trinajstić information content (AvgIpc) is 2.56. The van der Waals surface area contributed by atoms with Crippen molar-refractivity contribution in [1.29, 1.82) is 0 Å². The Hall–Kier alpha value is -3.22. The number of carbonyl (C=O) groups excluding carboxylic acids is 5. The number of nitrogens with one attached hydrogen (secondary N) is 3. The molecule has 0 aliphatic rings. The standard InChI is InChI=1S/C16H28N6O7/c1-7(2)3-9(22-14(26)8(17)4-11(18)23)15(27)20-6-13(25)21-10(16(28)29)5-12(19)24/h7-10H,3-6,17H2,1-2H3,(H2,18,23)(H2,19,24)(H,20,27)(H,21,25)(H,22,26)(H,28,29). The molecule has 0 aromatic rings. The molecule has 13 heteroatoms. The second kappa shape index (κ2) is 12.3. The molecule has 0 aliphatic carbocycles. The fraction of sp³-hybridized carbons (Fsp3) is 0.625. The molecule has 3 atom stereocenters. The first-order chi connectivity index (χ1) is 13.3. The number of nitrogens with two attached hydrogens (primary N) is 3. The summed E-state index contributed by atoms with van der Waals surface area (Å²) in [5, 5.41) is 15.7. The van der Waals surface area contributed by atoms with E-state index in [2.05, 4.69) is 16.0 Å². The van der Waals surface area contributed by atoms with Crippen molar-refractivity contribution in [3.05, 3.63) is 0 Å². The van der Waals surface area contributed by atoms with Crippen molar-refractivity contribution in [2.45, 2.75) is 51.2 Å². The Bertz CT molecular complexity index is 652. The highest BCUT2D eigenvalue weighted by Gasteiger charge is 2.26. The zero-order chi connectivity index (χ0) is 22.7. The van der Waals surface area contributed by atoms with Gasteiger partial charge in [-0.1, -0.05) is 13.8 Å². The summed E-state index contributed by atoms with van der Waals surface area (Å²) in [4.78, 5) is 68.9. The molecule has 0 heterocycles. The van der Waals surface area contributed by atoms with Crippen LogP contribution in [0.25, 0.3) is 0 Å². The Balaban J connectivity index is 4.87. The van der Waals surface area contributed by atoms with Gasteiger partial charge in [0.05, 0.1) is 25.4 Å². The van der Waals surface area contributed by atoms with Gasteiger partial charge in [-0.2, -0.15) is 0 Å². The Labute approximate surface area is 167 Å². The van der Waals surface area contributed by atoms with Crippen molar-refractivity contribution in [1.82, 2.24) is 16.0 Å². The number of hydrogen-bond donors (Lipinski definition) is 7. The summed E-state index contributed by atoms with van der Waals surface area (Å²) in [6.07, 6.45) is -0.804. The molecule has 29 heavy (non-hydrogen) atoms. The van der Waals surface area contributed by atoms with Crippen LogP contribution in [0.4, 0.5) is 0 Å². The van der Waals surface area contributed by atoms with E-state index in [0.717, 1.165) is 0 Å². The first-order valence-electron chi connectivity index (χ1n) is 8.75. The average molecular weight is 416 g/mol. The van der Waals surface area contributed by atoms with Gasteiger partial charge in [0.1, 0.15) is 12.1 Å². The topological polar surface area (TPSA) is 237 Å². The van der Waals surface area contributed by atoms with E-state index in [1.165, 1.54) is 0 Å². The Morgan fingerprint density at radius 1 is 0.862 bits per heavy atom. The molecule has 0 aromatic carbocycles.